The maximum Gasteiger partial charge on any atom is 0.261 e. The monoisotopic (exact) mass is 259 g/mol. The van der Waals surface area contributed by atoms with Crippen molar-refractivity contribution in [2.75, 3.05) is 11.4 Å². The maximum absolute atomic E-state index is 11.4. The average molecular weight is 260 g/mol. The van der Waals surface area contributed by atoms with Crippen LogP contribution < -0.4 is 4.90 Å². The Balaban J connectivity index is 2.29. The second-order valence-corrected chi connectivity index (χ2v) is 6.15. The molecule has 0 saturated carbocycles. The highest BCUT2D eigenvalue weighted by atomic mass is 35.7. The summed E-state index contributed by atoms with van der Waals surface area (Å²) in [7, 11) is 1.50. The maximum atomic E-state index is 11.4. The Morgan fingerprint density at radius 3 is 2.25 bits per heavy atom. The smallest absolute Gasteiger partial charge is 0.261 e. The molecule has 0 atom stereocenters. The number of hydrogen-bond donors (Lipinski definition) is 0. The highest BCUT2D eigenvalue weighted by Crippen LogP contribution is 2.24. The summed E-state index contributed by atoms with van der Waals surface area (Å²) < 4.78 is 22.0. The highest BCUT2D eigenvalue weighted by molar-refractivity contribution is 8.13. The molecule has 1 aliphatic heterocycles. The summed E-state index contributed by atoms with van der Waals surface area (Å²) in [6.45, 7) is 0.686. The second kappa shape index (κ2) is 4.07. The van der Waals surface area contributed by atoms with E-state index in [1.54, 1.807) is 17.0 Å². The van der Waals surface area contributed by atoms with E-state index in [1.165, 1.54) is 12.1 Å². The lowest BCUT2D eigenvalue weighted by Gasteiger charge is -2.15. The predicted octanol–water partition coefficient (Wildman–Crippen LogP) is 1.74. The molecule has 0 radical (unpaired) electrons. The van der Waals surface area contributed by atoms with E-state index in [1.807, 2.05) is 0 Å². The van der Waals surface area contributed by atoms with Crippen molar-refractivity contribution in [2.24, 2.45) is 0 Å². The molecule has 16 heavy (non-hydrogen) atoms. The van der Waals surface area contributed by atoms with Crippen LogP contribution in [0.4, 0.5) is 5.69 Å². The van der Waals surface area contributed by atoms with Gasteiger partial charge in [0.25, 0.3) is 9.05 Å². The molecule has 0 unspecified atom stereocenters. The van der Waals surface area contributed by atoms with Gasteiger partial charge in [-0.15, -0.1) is 0 Å². The van der Waals surface area contributed by atoms with E-state index in [9.17, 15) is 13.2 Å². The molecule has 0 aromatic heterocycles. The molecule has 2 rings (SSSR count). The molecule has 0 aliphatic carbocycles. The van der Waals surface area contributed by atoms with Gasteiger partial charge >= 0.3 is 0 Å². The number of rotatable bonds is 2. The van der Waals surface area contributed by atoms with Crippen LogP contribution in [0.15, 0.2) is 29.2 Å². The summed E-state index contributed by atoms with van der Waals surface area (Å²) in [5.41, 5.74) is 0.714. The number of anilines is 1. The molecule has 1 fully saturated rings. The van der Waals surface area contributed by atoms with E-state index in [0.29, 0.717) is 18.7 Å². The molecule has 1 saturated heterocycles. The Hall–Kier alpha value is -1.07. The molecular weight excluding hydrogens is 250 g/mol. The summed E-state index contributed by atoms with van der Waals surface area (Å²) in [4.78, 5) is 13.1. The van der Waals surface area contributed by atoms with Gasteiger partial charge in [-0.2, -0.15) is 0 Å². The third-order valence-electron chi connectivity index (χ3n) is 2.50. The number of carbonyl (C=O) groups excluding carboxylic acids is 1. The van der Waals surface area contributed by atoms with Crippen molar-refractivity contribution in [3.8, 4) is 0 Å². The van der Waals surface area contributed by atoms with Crippen LogP contribution in [-0.4, -0.2) is 20.9 Å². The van der Waals surface area contributed by atoms with Crippen molar-refractivity contribution < 1.29 is 13.2 Å². The van der Waals surface area contributed by atoms with Gasteiger partial charge in [0.05, 0.1) is 4.90 Å². The second-order valence-electron chi connectivity index (χ2n) is 3.58. The zero-order valence-corrected chi connectivity index (χ0v) is 9.96. The van der Waals surface area contributed by atoms with Gasteiger partial charge in [-0.3, -0.25) is 4.79 Å². The molecule has 4 nitrogen and oxygen atoms in total. The van der Waals surface area contributed by atoms with Gasteiger partial charge in [-0.25, -0.2) is 8.42 Å². The van der Waals surface area contributed by atoms with Crippen molar-refractivity contribution in [3.63, 3.8) is 0 Å². The summed E-state index contributed by atoms with van der Waals surface area (Å²) in [6, 6.07) is 6.00. The minimum Gasteiger partial charge on any atom is -0.312 e. The Labute approximate surface area is 98.2 Å². The molecule has 1 aromatic carbocycles. The Morgan fingerprint density at radius 1 is 1.19 bits per heavy atom. The van der Waals surface area contributed by atoms with Gasteiger partial charge < -0.3 is 4.90 Å². The fourth-order valence-electron chi connectivity index (χ4n) is 1.71. The van der Waals surface area contributed by atoms with Gasteiger partial charge in [0.2, 0.25) is 5.91 Å². The van der Waals surface area contributed by atoms with Crippen LogP contribution in [0.2, 0.25) is 0 Å². The molecule has 86 valence electrons. The van der Waals surface area contributed by atoms with Gasteiger partial charge in [-0.05, 0) is 30.7 Å². The van der Waals surface area contributed by atoms with E-state index in [-0.39, 0.29) is 10.8 Å². The first-order chi connectivity index (χ1) is 7.48. The molecular formula is C10H10ClNO3S. The lowest BCUT2D eigenvalue weighted by Crippen LogP contribution is -2.23. The van der Waals surface area contributed by atoms with Crippen LogP contribution in [0.5, 0.6) is 0 Å². The summed E-state index contributed by atoms with van der Waals surface area (Å²) in [6.07, 6.45) is 1.39. The number of halogens is 1. The van der Waals surface area contributed by atoms with Crippen LogP contribution in [0.1, 0.15) is 12.8 Å². The van der Waals surface area contributed by atoms with Gasteiger partial charge in [0.15, 0.2) is 0 Å². The first-order valence-electron chi connectivity index (χ1n) is 4.83. The van der Waals surface area contributed by atoms with E-state index in [2.05, 4.69) is 0 Å². The molecule has 0 spiro atoms. The number of carbonyl (C=O) groups is 1. The number of hydrogen-bond acceptors (Lipinski definition) is 3. The summed E-state index contributed by atoms with van der Waals surface area (Å²) in [5, 5.41) is 0. The topological polar surface area (TPSA) is 54.5 Å². The van der Waals surface area contributed by atoms with E-state index in [4.69, 9.17) is 10.7 Å². The summed E-state index contributed by atoms with van der Waals surface area (Å²) >= 11 is 0. The van der Waals surface area contributed by atoms with Gasteiger partial charge in [0.1, 0.15) is 0 Å². The van der Waals surface area contributed by atoms with Crippen LogP contribution in [0.3, 0.4) is 0 Å². The minimum absolute atomic E-state index is 0.0459. The van der Waals surface area contributed by atoms with E-state index in [0.717, 1.165) is 6.42 Å². The number of nitrogens with zero attached hydrogens (tertiary/aromatic N) is 1. The van der Waals surface area contributed by atoms with Crippen molar-refractivity contribution in [1.82, 2.24) is 0 Å². The summed E-state index contributed by atoms with van der Waals surface area (Å²) in [5.74, 6) is 0.0708. The predicted molar refractivity (Wildman–Crippen MR) is 61.1 cm³/mol. The first kappa shape index (κ1) is 11.4. The number of benzene rings is 1. The zero-order chi connectivity index (χ0) is 11.8. The van der Waals surface area contributed by atoms with Crippen molar-refractivity contribution in [1.29, 1.82) is 0 Å². The largest absolute Gasteiger partial charge is 0.312 e. The van der Waals surface area contributed by atoms with Crippen LogP contribution in [0.25, 0.3) is 0 Å². The normalized spacial score (nSPS) is 16.8. The van der Waals surface area contributed by atoms with Crippen LogP contribution >= 0.6 is 10.7 Å². The third kappa shape index (κ3) is 2.20. The van der Waals surface area contributed by atoms with Crippen molar-refractivity contribution in [2.45, 2.75) is 17.7 Å². The molecule has 1 amide bonds. The number of amides is 1. The first-order valence-corrected chi connectivity index (χ1v) is 7.14. The minimum atomic E-state index is -3.69. The van der Waals surface area contributed by atoms with Crippen LogP contribution in [-0.2, 0) is 13.8 Å². The fraction of sp³-hybridized carbons (Fsp3) is 0.300. The SMILES string of the molecule is O=C1CCCN1c1ccc(S(=O)(=O)Cl)cc1. The Kier molecular flexibility index (Phi) is 2.90. The zero-order valence-electron chi connectivity index (χ0n) is 8.39. The van der Waals surface area contributed by atoms with Gasteiger partial charge in [-0.1, -0.05) is 0 Å². The highest BCUT2D eigenvalue weighted by Gasteiger charge is 2.21. The molecule has 1 aromatic rings. The van der Waals surface area contributed by atoms with E-state index >= 15 is 0 Å². The lowest BCUT2D eigenvalue weighted by molar-refractivity contribution is -0.117. The fourth-order valence-corrected chi connectivity index (χ4v) is 2.48. The third-order valence-corrected chi connectivity index (χ3v) is 3.87. The quantitative estimate of drug-likeness (QED) is 0.761. The standard InChI is InChI=1S/C10H10ClNO3S/c11-16(14,15)9-5-3-8(4-6-9)12-7-1-2-10(12)13/h3-6H,1-2,7H2. The molecule has 6 heteroatoms. The van der Waals surface area contributed by atoms with Crippen LogP contribution in [0, 0.1) is 0 Å². The van der Waals surface area contributed by atoms with Gasteiger partial charge in [0, 0.05) is 29.3 Å². The Morgan fingerprint density at radius 2 is 1.81 bits per heavy atom. The molecule has 0 bridgehead atoms. The van der Waals surface area contributed by atoms with E-state index < -0.39 is 9.05 Å². The molecule has 0 N–H and O–H groups in total. The lowest BCUT2D eigenvalue weighted by atomic mass is 10.3. The molecule has 1 aliphatic rings. The average Bonchev–Trinajstić information content (AvgIpc) is 2.63. The van der Waals surface area contributed by atoms with Crippen molar-refractivity contribution in [3.05, 3.63) is 24.3 Å². The Bertz CT molecular complexity index is 509. The van der Waals surface area contributed by atoms with Crippen molar-refractivity contribution >= 4 is 31.3 Å². The molecule has 1 heterocycles.